The first-order chi connectivity index (χ1) is 9.66. The van der Waals surface area contributed by atoms with Gasteiger partial charge in [-0.05, 0) is 31.0 Å². The third kappa shape index (κ3) is 4.06. The number of para-hydroxylation sites is 1. The molecule has 2 aromatic rings. The molecule has 1 aromatic heterocycles. The van der Waals surface area contributed by atoms with Gasteiger partial charge in [0.05, 0.1) is 0 Å². The standard InChI is InChI=1S/C15H17N3OS/c1-11-5-3-6-12(2)14(11)18-13(19)7-10-20-15-16-8-4-9-17-15/h3-6,8-9H,7,10H2,1-2H3,(H,18,19). The Kier molecular flexibility index (Phi) is 5.12. The van der Waals surface area contributed by atoms with Crippen molar-refractivity contribution in [2.45, 2.75) is 25.4 Å². The van der Waals surface area contributed by atoms with Gasteiger partial charge in [0.15, 0.2) is 5.16 Å². The Hall–Kier alpha value is -1.88. The molecule has 0 saturated carbocycles. The Morgan fingerprint density at radius 3 is 2.45 bits per heavy atom. The smallest absolute Gasteiger partial charge is 0.225 e. The molecular formula is C15H17N3OS. The Bertz CT molecular complexity index is 567. The highest BCUT2D eigenvalue weighted by atomic mass is 32.2. The monoisotopic (exact) mass is 287 g/mol. The summed E-state index contributed by atoms with van der Waals surface area (Å²) < 4.78 is 0. The lowest BCUT2D eigenvalue weighted by atomic mass is 10.1. The third-order valence-electron chi connectivity index (χ3n) is 2.85. The second-order valence-corrected chi connectivity index (χ2v) is 5.51. The van der Waals surface area contributed by atoms with Gasteiger partial charge in [-0.3, -0.25) is 4.79 Å². The zero-order valence-corrected chi connectivity index (χ0v) is 12.4. The number of aromatic nitrogens is 2. The van der Waals surface area contributed by atoms with Crippen molar-refractivity contribution in [3.8, 4) is 0 Å². The maximum Gasteiger partial charge on any atom is 0.225 e. The number of carbonyl (C=O) groups excluding carboxylic acids is 1. The number of thioether (sulfide) groups is 1. The van der Waals surface area contributed by atoms with Crippen LogP contribution >= 0.6 is 11.8 Å². The molecule has 20 heavy (non-hydrogen) atoms. The van der Waals surface area contributed by atoms with E-state index in [9.17, 15) is 4.79 Å². The van der Waals surface area contributed by atoms with Crippen molar-refractivity contribution in [1.29, 1.82) is 0 Å². The van der Waals surface area contributed by atoms with Crippen LogP contribution in [0.3, 0.4) is 0 Å². The van der Waals surface area contributed by atoms with Crippen LogP contribution in [0.5, 0.6) is 0 Å². The van der Waals surface area contributed by atoms with E-state index in [0.29, 0.717) is 17.3 Å². The number of carbonyl (C=O) groups is 1. The molecule has 104 valence electrons. The molecule has 0 aliphatic carbocycles. The summed E-state index contributed by atoms with van der Waals surface area (Å²) in [6, 6.07) is 7.75. The number of rotatable bonds is 5. The fourth-order valence-corrected chi connectivity index (χ4v) is 2.55. The molecule has 0 atom stereocenters. The molecule has 0 bridgehead atoms. The van der Waals surface area contributed by atoms with Crippen LogP contribution in [-0.2, 0) is 4.79 Å². The third-order valence-corrected chi connectivity index (χ3v) is 3.73. The fourth-order valence-electron chi connectivity index (χ4n) is 1.81. The predicted octanol–water partition coefficient (Wildman–Crippen LogP) is 3.21. The van der Waals surface area contributed by atoms with Crippen LogP contribution in [0.15, 0.2) is 41.8 Å². The highest BCUT2D eigenvalue weighted by molar-refractivity contribution is 7.99. The van der Waals surface area contributed by atoms with E-state index in [2.05, 4.69) is 15.3 Å². The van der Waals surface area contributed by atoms with Gasteiger partial charge in [0, 0.05) is 30.3 Å². The van der Waals surface area contributed by atoms with E-state index < -0.39 is 0 Å². The number of hydrogen-bond acceptors (Lipinski definition) is 4. The molecule has 0 aliphatic rings. The Balaban J connectivity index is 1.84. The van der Waals surface area contributed by atoms with Gasteiger partial charge in [0.1, 0.15) is 0 Å². The number of aryl methyl sites for hydroxylation is 2. The van der Waals surface area contributed by atoms with Gasteiger partial charge < -0.3 is 5.32 Å². The van der Waals surface area contributed by atoms with E-state index >= 15 is 0 Å². The average Bonchev–Trinajstić information content (AvgIpc) is 2.44. The van der Waals surface area contributed by atoms with E-state index in [-0.39, 0.29) is 5.91 Å². The summed E-state index contributed by atoms with van der Waals surface area (Å²) in [6.45, 7) is 3.99. The predicted molar refractivity (Wildman–Crippen MR) is 81.9 cm³/mol. The normalized spacial score (nSPS) is 10.3. The van der Waals surface area contributed by atoms with E-state index in [1.807, 2.05) is 32.0 Å². The van der Waals surface area contributed by atoms with E-state index in [1.165, 1.54) is 11.8 Å². The molecule has 0 fully saturated rings. The van der Waals surface area contributed by atoms with Crippen LogP contribution in [0, 0.1) is 13.8 Å². The first kappa shape index (κ1) is 14.5. The van der Waals surface area contributed by atoms with Crippen molar-refractivity contribution in [3.05, 3.63) is 47.8 Å². The molecule has 2 rings (SSSR count). The van der Waals surface area contributed by atoms with Crippen molar-refractivity contribution in [2.24, 2.45) is 0 Å². The molecule has 0 aliphatic heterocycles. The zero-order valence-electron chi connectivity index (χ0n) is 11.6. The number of nitrogens with one attached hydrogen (secondary N) is 1. The number of nitrogens with zero attached hydrogens (tertiary/aromatic N) is 2. The summed E-state index contributed by atoms with van der Waals surface area (Å²) in [7, 11) is 0. The molecule has 0 saturated heterocycles. The molecule has 0 spiro atoms. The van der Waals surface area contributed by atoms with Crippen molar-refractivity contribution in [1.82, 2.24) is 9.97 Å². The first-order valence-electron chi connectivity index (χ1n) is 6.42. The van der Waals surface area contributed by atoms with Gasteiger partial charge in [0.25, 0.3) is 0 Å². The topological polar surface area (TPSA) is 54.9 Å². The van der Waals surface area contributed by atoms with Gasteiger partial charge >= 0.3 is 0 Å². The highest BCUT2D eigenvalue weighted by Gasteiger charge is 2.07. The Morgan fingerprint density at radius 1 is 1.15 bits per heavy atom. The molecule has 1 amide bonds. The number of benzene rings is 1. The quantitative estimate of drug-likeness (QED) is 0.677. The summed E-state index contributed by atoms with van der Waals surface area (Å²) in [4.78, 5) is 20.2. The molecule has 1 heterocycles. The van der Waals surface area contributed by atoms with E-state index in [4.69, 9.17) is 0 Å². The van der Waals surface area contributed by atoms with E-state index in [1.54, 1.807) is 18.5 Å². The Labute approximate surface area is 123 Å². The van der Waals surface area contributed by atoms with Crippen LogP contribution in [-0.4, -0.2) is 21.6 Å². The second-order valence-electron chi connectivity index (χ2n) is 4.44. The minimum Gasteiger partial charge on any atom is -0.326 e. The van der Waals surface area contributed by atoms with Gasteiger partial charge in [-0.25, -0.2) is 9.97 Å². The van der Waals surface area contributed by atoms with Gasteiger partial charge in [-0.15, -0.1) is 0 Å². The number of hydrogen-bond donors (Lipinski definition) is 1. The van der Waals surface area contributed by atoms with Crippen LogP contribution < -0.4 is 5.32 Å². The molecule has 1 N–H and O–H groups in total. The highest BCUT2D eigenvalue weighted by Crippen LogP contribution is 2.20. The lowest BCUT2D eigenvalue weighted by Crippen LogP contribution is -2.14. The molecule has 1 aromatic carbocycles. The maximum atomic E-state index is 11.9. The SMILES string of the molecule is Cc1cccc(C)c1NC(=O)CCSc1ncccn1. The lowest BCUT2D eigenvalue weighted by molar-refractivity contribution is -0.115. The minimum absolute atomic E-state index is 0.0193. The summed E-state index contributed by atoms with van der Waals surface area (Å²) in [5.41, 5.74) is 3.08. The summed E-state index contributed by atoms with van der Waals surface area (Å²) in [5, 5.41) is 3.67. The molecular weight excluding hydrogens is 270 g/mol. The number of anilines is 1. The zero-order chi connectivity index (χ0) is 14.4. The molecule has 5 heteroatoms. The maximum absolute atomic E-state index is 11.9. The Morgan fingerprint density at radius 2 is 1.80 bits per heavy atom. The van der Waals surface area contributed by atoms with Crippen molar-refractivity contribution < 1.29 is 4.79 Å². The first-order valence-corrected chi connectivity index (χ1v) is 7.41. The van der Waals surface area contributed by atoms with Gasteiger partial charge in [0.2, 0.25) is 5.91 Å². The lowest BCUT2D eigenvalue weighted by Gasteiger charge is -2.11. The van der Waals surface area contributed by atoms with Gasteiger partial charge in [-0.2, -0.15) is 0 Å². The van der Waals surface area contributed by atoms with Crippen molar-refractivity contribution in [3.63, 3.8) is 0 Å². The van der Waals surface area contributed by atoms with Crippen LogP contribution in [0.4, 0.5) is 5.69 Å². The summed E-state index contributed by atoms with van der Waals surface area (Å²) >= 11 is 1.48. The number of amides is 1. The molecule has 0 unspecified atom stereocenters. The fraction of sp³-hybridized carbons (Fsp3) is 0.267. The van der Waals surface area contributed by atoms with Crippen LogP contribution in [0.1, 0.15) is 17.5 Å². The largest absolute Gasteiger partial charge is 0.326 e. The summed E-state index contributed by atoms with van der Waals surface area (Å²) in [5.74, 6) is 0.687. The van der Waals surface area contributed by atoms with Crippen molar-refractivity contribution in [2.75, 3.05) is 11.1 Å². The van der Waals surface area contributed by atoms with Gasteiger partial charge in [-0.1, -0.05) is 30.0 Å². The summed E-state index contributed by atoms with van der Waals surface area (Å²) in [6.07, 6.45) is 3.84. The van der Waals surface area contributed by atoms with E-state index in [0.717, 1.165) is 16.8 Å². The average molecular weight is 287 g/mol. The second kappa shape index (κ2) is 7.05. The van der Waals surface area contributed by atoms with Crippen LogP contribution in [0.25, 0.3) is 0 Å². The van der Waals surface area contributed by atoms with Crippen molar-refractivity contribution >= 4 is 23.4 Å². The molecule has 0 radical (unpaired) electrons. The van der Waals surface area contributed by atoms with Crippen LogP contribution in [0.2, 0.25) is 0 Å². The molecule has 4 nitrogen and oxygen atoms in total. The minimum atomic E-state index is 0.0193.